The number of aromatic nitrogens is 1. The molecule has 3 aromatic rings. The molecule has 1 heterocycles. The van der Waals surface area contributed by atoms with Gasteiger partial charge in [0.25, 0.3) is 0 Å². The minimum atomic E-state index is -0.584. The number of hydrogen-bond acceptors (Lipinski definition) is 5. The Balaban J connectivity index is 1.29. The third-order valence-corrected chi connectivity index (χ3v) is 7.97. The van der Waals surface area contributed by atoms with Gasteiger partial charge >= 0.3 is 6.09 Å². The molecule has 1 aromatic heterocycles. The van der Waals surface area contributed by atoms with E-state index in [9.17, 15) is 9.90 Å². The normalized spacial score (nSPS) is 25.2. The van der Waals surface area contributed by atoms with Gasteiger partial charge in [-0.15, -0.1) is 0 Å². The number of fused-ring (bicyclic) bond motifs is 4. The van der Waals surface area contributed by atoms with Crippen LogP contribution in [0.25, 0.3) is 11.1 Å². The predicted molar refractivity (Wildman–Crippen MR) is 129 cm³/mol. The summed E-state index contributed by atoms with van der Waals surface area (Å²) in [5.74, 6) is 0.764. The summed E-state index contributed by atoms with van der Waals surface area (Å²) in [7, 11) is 0. The molecule has 0 aliphatic heterocycles. The van der Waals surface area contributed by atoms with Gasteiger partial charge in [-0.2, -0.15) is 0 Å². The zero-order chi connectivity index (χ0) is 23.1. The summed E-state index contributed by atoms with van der Waals surface area (Å²) in [5, 5.41) is 13.6. The van der Waals surface area contributed by atoms with E-state index < -0.39 is 6.10 Å². The average Bonchev–Trinajstić information content (AvgIpc) is 3.28. The Morgan fingerprint density at radius 1 is 1.18 bits per heavy atom. The van der Waals surface area contributed by atoms with Crippen molar-refractivity contribution in [2.45, 2.75) is 75.5 Å². The second-order valence-corrected chi connectivity index (χ2v) is 10.4. The molecule has 6 rings (SSSR count). The zero-order valence-electron chi connectivity index (χ0n) is 18.8. The highest BCUT2D eigenvalue weighted by Crippen LogP contribution is 2.54. The maximum absolute atomic E-state index is 12.5. The van der Waals surface area contributed by atoms with E-state index in [1.54, 1.807) is 0 Å². The van der Waals surface area contributed by atoms with Gasteiger partial charge in [0.15, 0.2) is 5.58 Å². The molecule has 1 unspecified atom stereocenters. The number of amides is 1. The van der Waals surface area contributed by atoms with E-state index in [1.165, 1.54) is 0 Å². The van der Waals surface area contributed by atoms with Crippen LogP contribution in [0.3, 0.4) is 0 Å². The van der Waals surface area contributed by atoms with Crippen molar-refractivity contribution >= 4 is 33.1 Å². The lowest BCUT2D eigenvalue weighted by molar-refractivity contribution is 0.0518. The van der Waals surface area contributed by atoms with E-state index in [0.717, 1.165) is 65.5 Å². The number of oxazole rings is 1. The van der Waals surface area contributed by atoms with Gasteiger partial charge in [-0.25, -0.2) is 9.78 Å². The number of benzene rings is 2. The second kappa shape index (κ2) is 8.76. The molecular formula is C26H29BrN2O4. The third kappa shape index (κ3) is 4.28. The van der Waals surface area contributed by atoms with Gasteiger partial charge in [-0.05, 0) is 62.6 Å². The minimum absolute atomic E-state index is 0.114. The summed E-state index contributed by atoms with van der Waals surface area (Å²) in [4.78, 5) is 17.4. The van der Waals surface area contributed by atoms with Crippen molar-refractivity contribution in [3.8, 4) is 0 Å². The van der Waals surface area contributed by atoms with Crippen LogP contribution < -0.4 is 5.32 Å². The molecule has 2 N–H and O–H groups in total. The van der Waals surface area contributed by atoms with E-state index in [-0.39, 0.29) is 23.7 Å². The molecule has 6 nitrogen and oxygen atoms in total. The molecule has 3 saturated carbocycles. The van der Waals surface area contributed by atoms with Crippen LogP contribution in [-0.2, 0) is 16.8 Å². The molecule has 7 heteroatoms. The summed E-state index contributed by atoms with van der Waals surface area (Å²) in [5.41, 5.74) is 2.89. The number of aliphatic hydroxyl groups excluding tert-OH is 1. The largest absolute Gasteiger partial charge is 0.445 e. The highest BCUT2D eigenvalue weighted by atomic mass is 79.9. The Hall–Kier alpha value is -2.38. The van der Waals surface area contributed by atoms with Crippen molar-refractivity contribution in [2.24, 2.45) is 0 Å². The first kappa shape index (κ1) is 22.4. The molecule has 0 saturated heterocycles. The Bertz CT molecular complexity index is 1140. The number of aliphatic hydroxyl groups is 1. The van der Waals surface area contributed by atoms with Crippen LogP contribution in [0, 0.1) is 0 Å². The number of carbonyl (C=O) groups excluding carboxylic acids is 1. The van der Waals surface area contributed by atoms with Gasteiger partial charge in [0, 0.05) is 21.0 Å². The van der Waals surface area contributed by atoms with E-state index in [1.807, 2.05) is 49.4 Å². The van der Waals surface area contributed by atoms with Gasteiger partial charge in [-0.3, -0.25) is 0 Å². The molecule has 0 spiro atoms. The number of nitrogens with one attached hydrogen (secondary N) is 1. The highest BCUT2D eigenvalue weighted by molar-refractivity contribution is 9.10. The Morgan fingerprint density at radius 3 is 2.55 bits per heavy atom. The van der Waals surface area contributed by atoms with Crippen LogP contribution >= 0.6 is 15.9 Å². The maximum atomic E-state index is 12.5. The molecule has 3 aliphatic carbocycles. The first-order valence-corrected chi connectivity index (χ1v) is 12.5. The highest BCUT2D eigenvalue weighted by Gasteiger charge is 2.52. The number of carbonyl (C=O) groups is 1. The maximum Gasteiger partial charge on any atom is 0.407 e. The number of ether oxygens (including phenoxy) is 1. The molecule has 1 amide bonds. The van der Waals surface area contributed by atoms with Crippen molar-refractivity contribution in [1.29, 1.82) is 0 Å². The number of alkyl carbamates (subject to hydrolysis) is 1. The topological polar surface area (TPSA) is 84.6 Å². The quantitative estimate of drug-likeness (QED) is 0.404. The molecule has 2 bridgehead atoms. The number of hydrogen-bond donors (Lipinski definition) is 2. The van der Waals surface area contributed by atoms with Crippen molar-refractivity contribution < 1.29 is 19.1 Å². The van der Waals surface area contributed by atoms with Crippen molar-refractivity contribution in [1.82, 2.24) is 10.3 Å². The fourth-order valence-electron chi connectivity index (χ4n) is 5.39. The Morgan fingerprint density at radius 2 is 1.88 bits per heavy atom. The van der Waals surface area contributed by atoms with Gasteiger partial charge in [-0.1, -0.05) is 53.2 Å². The fraction of sp³-hybridized carbons (Fsp3) is 0.462. The van der Waals surface area contributed by atoms with Crippen molar-refractivity contribution in [3.05, 3.63) is 64.0 Å². The molecule has 33 heavy (non-hydrogen) atoms. The first-order valence-electron chi connectivity index (χ1n) is 11.7. The van der Waals surface area contributed by atoms with Gasteiger partial charge in [0.2, 0.25) is 5.89 Å². The number of rotatable bonds is 6. The van der Waals surface area contributed by atoms with Crippen LogP contribution in [0.2, 0.25) is 0 Å². The van der Waals surface area contributed by atoms with Crippen LogP contribution in [-0.4, -0.2) is 21.7 Å². The minimum Gasteiger partial charge on any atom is -0.445 e. The van der Waals surface area contributed by atoms with Crippen LogP contribution in [0.5, 0.6) is 0 Å². The van der Waals surface area contributed by atoms with E-state index >= 15 is 0 Å². The van der Waals surface area contributed by atoms with Gasteiger partial charge in [0.1, 0.15) is 12.1 Å². The molecule has 2 aromatic carbocycles. The summed E-state index contributed by atoms with van der Waals surface area (Å²) in [6, 6.07) is 13.6. The summed E-state index contributed by atoms with van der Waals surface area (Å²) in [6.45, 7) is 2.23. The van der Waals surface area contributed by atoms with Crippen LogP contribution in [0.1, 0.15) is 75.0 Å². The van der Waals surface area contributed by atoms with Crippen molar-refractivity contribution in [3.63, 3.8) is 0 Å². The SMILES string of the molecule is CCC(O)c1cc(Br)cc2nc(C34CCC(NC(=O)OCc5ccccc5)(CC3)CC4)oc12. The number of nitrogens with zero attached hydrogens (tertiary/aromatic N) is 1. The Labute approximate surface area is 201 Å². The average molecular weight is 513 g/mol. The summed E-state index contributed by atoms with van der Waals surface area (Å²) < 4.78 is 12.7. The second-order valence-electron chi connectivity index (χ2n) is 9.53. The Kier molecular flexibility index (Phi) is 5.95. The first-order chi connectivity index (χ1) is 15.9. The predicted octanol–water partition coefficient (Wildman–Crippen LogP) is 6.30. The summed E-state index contributed by atoms with van der Waals surface area (Å²) >= 11 is 3.54. The number of halogens is 1. The van der Waals surface area contributed by atoms with Crippen LogP contribution in [0.4, 0.5) is 4.79 Å². The molecule has 0 radical (unpaired) electrons. The molecule has 174 valence electrons. The molecular weight excluding hydrogens is 484 g/mol. The van der Waals surface area contributed by atoms with Crippen molar-refractivity contribution in [2.75, 3.05) is 0 Å². The third-order valence-electron chi connectivity index (χ3n) is 7.51. The lowest BCUT2D eigenvalue weighted by Gasteiger charge is -2.51. The smallest absolute Gasteiger partial charge is 0.407 e. The molecule has 1 atom stereocenters. The molecule has 3 aliphatic rings. The lowest BCUT2D eigenvalue weighted by Crippen LogP contribution is -2.57. The van der Waals surface area contributed by atoms with E-state index in [2.05, 4.69) is 21.2 Å². The molecule has 3 fully saturated rings. The van der Waals surface area contributed by atoms with E-state index in [4.69, 9.17) is 14.1 Å². The standard InChI is InChI=1S/C26H29BrN2O4/c1-2-21(30)19-14-18(27)15-20-22(19)33-23(28-20)25-8-11-26(12-9-25,13-10-25)29-24(31)32-16-17-6-4-3-5-7-17/h3-7,14-15,21,30H,2,8-13,16H2,1H3,(H,29,31). The zero-order valence-corrected chi connectivity index (χ0v) is 20.4. The van der Waals surface area contributed by atoms with Crippen LogP contribution in [0.15, 0.2) is 51.4 Å². The van der Waals surface area contributed by atoms with E-state index in [0.29, 0.717) is 12.0 Å². The fourth-order valence-corrected chi connectivity index (χ4v) is 5.85. The monoisotopic (exact) mass is 512 g/mol. The van der Waals surface area contributed by atoms with Gasteiger partial charge < -0.3 is 19.6 Å². The lowest BCUT2D eigenvalue weighted by atomic mass is 9.57. The summed E-state index contributed by atoms with van der Waals surface area (Å²) in [6.07, 6.45) is 5.03. The van der Waals surface area contributed by atoms with Gasteiger partial charge in [0.05, 0.1) is 6.10 Å².